The molecule has 31 heavy (non-hydrogen) atoms. The monoisotopic (exact) mass is 469 g/mol. The van der Waals surface area contributed by atoms with Crippen molar-refractivity contribution >= 4 is 46.2 Å². The number of hydrogen-bond donors (Lipinski definition) is 1. The van der Waals surface area contributed by atoms with Crippen molar-refractivity contribution in [2.24, 2.45) is 11.1 Å². The van der Waals surface area contributed by atoms with E-state index in [9.17, 15) is 10.1 Å². The maximum absolute atomic E-state index is 13.6. The Morgan fingerprint density at radius 2 is 2.06 bits per heavy atom. The minimum Gasteiger partial charge on any atom is -0.384 e. The Balaban J connectivity index is 2.03. The second-order valence-corrected chi connectivity index (χ2v) is 11.5. The fourth-order valence-electron chi connectivity index (χ4n) is 4.60. The van der Waals surface area contributed by atoms with E-state index in [1.807, 2.05) is 29.4 Å². The van der Waals surface area contributed by atoms with Gasteiger partial charge in [-0.3, -0.25) is 9.69 Å². The second-order valence-electron chi connectivity index (χ2n) is 8.76. The summed E-state index contributed by atoms with van der Waals surface area (Å²) < 4.78 is 1.11. The molecule has 0 saturated heterocycles. The van der Waals surface area contributed by atoms with E-state index in [-0.39, 0.29) is 11.2 Å². The number of nitrogens with two attached hydrogens (primary N) is 1. The number of ketones is 1. The molecule has 160 valence electrons. The summed E-state index contributed by atoms with van der Waals surface area (Å²) in [4.78, 5) is 16.6. The van der Waals surface area contributed by atoms with Gasteiger partial charge in [0.05, 0.1) is 21.8 Å². The molecule has 0 amide bonds. The molecule has 0 spiro atoms. The molecule has 1 atom stereocenters. The Morgan fingerprint density at radius 3 is 2.71 bits per heavy atom. The molecule has 1 aromatic heterocycles. The predicted molar refractivity (Wildman–Crippen MR) is 129 cm³/mol. The molecular weight excluding hydrogens is 446 g/mol. The van der Waals surface area contributed by atoms with Gasteiger partial charge in [0.25, 0.3) is 0 Å². The zero-order valence-corrected chi connectivity index (χ0v) is 20.3. The molecule has 1 aliphatic carbocycles. The smallest absolute Gasteiger partial charge is 0.162 e. The lowest BCUT2D eigenvalue weighted by Gasteiger charge is -2.43. The van der Waals surface area contributed by atoms with Crippen LogP contribution in [0.1, 0.15) is 43.0 Å². The van der Waals surface area contributed by atoms with Crippen molar-refractivity contribution in [3.05, 3.63) is 68.5 Å². The molecule has 1 aromatic carbocycles. The standard InChI is InChI=1S/C24H24ClN3OS2/c1-13-8-16(23(30-4)31-13)20-17(12-26)22(27)28(15-7-5-6-14(25)9-15)18-10-24(2,3)11-19(29)21(18)20/h5-9,20H,10-11,27H2,1-4H3. The third-order valence-corrected chi connectivity index (χ3v) is 8.24. The number of aryl methyl sites for hydroxylation is 1. The number of Topliss-reactive ketones (excluding diaryl/α,β-unsaturated/α-hetero) is 1. The highest BCUT2D eigenvalue weighted by Crippen LogP contribution is 2.52. The maximum Gasteiger partial charge on any atom is 0.162 e. The average molecular weight is 470 g/mol. The number of carbonyl (C=O) groups is 1. The molecule has 1 aliphatic heterocycles. The maximum atomic E-state index is 13.6. The van der Waals surface area contributed by atoms with E-state index >= 15 is 0 Å². The Bertz CT molecular complexity index is 1190. The molecule has 2 heterocycles. The van der Waals surface area contributed by atoms with Gasteiger partial charge < -0.3 is 5.73 Å². The fraction of sp³-hybridized carbons (Fsp3) is 0.333. The zero-order chi connectivity index (χ0) is 22.5. The van der Waals surface area contributed by atoms with Crippen molar-refractivity contribution in [3.63, 3.8) is 0 Å². The number of hydrogen-bond acceptors (Lipinski definition) is 6. The van der Waals surface area contributed by atoms with E-state index < -0.39 is 5.92 Å². The zero-order valence-electron chi connectivity index (χ0n) is 18.0. The molecule has 2 N–H and O–H groups in total. The lowest BCUT2D eigenvalue weighted by Crippen LogP contribution is -2.42. The molecule has 0 fully saturated rings. The van der Waals surface area contributed by atoms with Gasteiger partial charge in [-0.15, -0.1) is 23.1 Å². The second kappa shape index (κ2) is 8.05. The van der Waals surface area contributed by atoms with Crippen LogP contribution in [0.2, 0.25) is 5.02 Å². The van der Waals surface area contributed by atoms with Gasteiger partial charge in [0, 0.05) is 33.3 Å². The van der Waals surface area contributed by atoms with Gasteiger partial charge in [-0.05, 0) is 54.8 Å². The molecule has 2 aromatic rings. The van der Waals surface area contributed by atoms with Crippen LogP contribution in [0.3, 0.4) is 0 Å². The third kappa shape index (κ3) is 3.80. The number of halogens is 1. The van der Waals surface area contributed by atoms with Crippen LogP contribution in [-0.4, -0.2) is 12.0 Å². The number of allylic oxidation sites excluding steroid dienone is 3. The fourth-order valence-corrected chi connectivity index (χ4v) is 6.70. The Labute approximate surface area is 196 Å². The molecule has 1 unspecified atom stereocenters. The van der Waals surface area contributed by atoms with E-state index in [0.717, 1.165) is 26.0 Å². The summed E-state index contributed by atoms with van der Waals surface area (Å²) in [6, 6.07) is 11.8. The SMILES string of the molecule is CSc1sc(C)cc1C1C(C#N)=C(N)N(c2cccc(Cl)c2)C2=C1C(=O)CC(C)(C)C2. The van der Waals surface area contributed by atoms with E-state index in [0.29, 0.717) is 34.8 Å². The quantitative estimate of drug-likeness (QED) is 0.528. The van der Waals surface area contributed by atoms with Gasteiger partial charge >= 0.3 is 0 Å². The number of carbonyl (C=O) groups excluding carboxylic acids is 1. The van der Waals surface area contributed by atoms with Gasteiger partial charge in [-0.1, -0.05) is 31.5 Å². The first-order valence-electron chi connectivity index (χ1n) is 10.0. The summed E-state index contributed by atoms with van der Waals surface area (Å²) in [6.07, 6.45) is 3.16. The molecule has 0 bridgehead atoms. The molecule has 4 nitrogen and oxygen atoms in total. The number of anilines is 1. The van der Waals surface area contributed by atoms with Crippen molar-refractivity contribution in [2.75, 3.05) is 11.2 Å². The summed E-state index contributed by atoms with van der Waals surface area (Å²) in [6.45, 7) is 6.25. The lowest BCUT2D eigenvalue weighted by molar-refractivity contribution is -0.118. The number of benzene rings is 1. The number of nitriles is 1. The summed E-state index contributed by atoms with van der Waals surface area (Å²) >= 11 is 9.61. The van der Waals surface area contributed by atoms with Crippen molar-refractivity contribution in [1.29, 1.82) is 5.26 Å². The molecule has 4 rings (SSSR count). The summed E-state index contributed by atoms with van der Waals surface area (Å²) in [5.41, 5.74) is 10.2. The van der Waals surface area contributed by atoms with Gasteiger partial charge in [0.2, 0.25) is 0 Å². The normalized spacial score (nSPS) is 20.7. The van der Waals surface area contributed by atoms with Gasteiger partial charge in [-0.2, -0.15) is 5.26 Å². The third-order valence-electron chi connectivity index (χ3n) is 5.79. The largest absolute Gasteiger partial charge is 0.384 e. The highest BCUT2D eigenvalue weighted by molar-refractivity contribution is 8.00. The molecule has 0 saturated carbocycles. The van der Waals surface area contributed by atoms with Crippen LogP contribution in [0, 0.1) is 23.7 Å². The minimum absolute atomic E-state index is 0.0828. The van der Waals surface area contributed by atoms with Crippen molar-refractivity contribution in [2.45, 2.75) is 43.7 Å². The van der Waals surface area contributed by atoms with Crippen LogP contribution in [0.15, 0.2) is 57.2 Å². The van der Waals surface area contributed by atoms with Crippen LogP contribution in [-0.2, 0) is 4.79 Å². The molecule has 0 radical (unpaired) electrons. The van der Waals surface area contributed by atoms with Gasteiger partial charge in [0.1, 0.15) is 5.82 Å². The van der Waals surface area contributed by atoms with Crippen molar-refractivity contribution in [3.8, 4) is 6.07 Å². The topological polar surface area (TPSA) is 70.1 Å². The van der Waals surface area contributed by atoms with E-state index in [1.54, 1.807) is 29.2 Å². The minimum atomic E-state index is -0.438. The average Bonchev–Trinajstić information content (AvgIpc) is 3.06. The van der Waals surface area contributed by atoms with Crippen LogP contribution in [0.4, 0.5) is 5.69 Å². The number of thiophene rings is 1. The van der Waals surface area contributed by atoms with Crippen molar-refractivity contribution < 1.29 is 4.79 Å². The first-order valence-corrected chi connectivity index (χ1v) is 12.4. The van der Waals surface area contributed by atoms with Gasteiger partial charge in [0.15, 0.2) is 5.78 Å². The number of rotatable bonds is 3. The molecular formula is C24H24ClN3OS2. The highest BCUT2D eigenvalue weighted by atomic mass is 35.5. The summed E-state index contributed by atoms with van der Waals surface area (Å²) in [5, 5.41) is 10.8. The Morgan fingerprint density at radius 1 is 1.32 bits per heavy atom. The molecule has 2 aliphatic rings. The predicted octanol–water partition coefficient (Wildman–Crippen LogP) is 6.37. The number of nitrogens with zero attached hydrogens (tertiary/aromatic N) is 2. The first-order chi connectivity index (χ1) is 14.7. The summed E-state index contributed by atoms with van der Waals surface area (Å²) in [7, 11) is 0. The Kier molecular flexibility index (Phi) is 5.72. The van der Waals surface area contributed by atoms with Crippen LogP contribution in [0.5, 0.6) is 0 Å². The van der Waals surface area contributed by atoms with E-state index in [4.69, 9.17) is 17.3 Å². The van der Waals surface area contributed by atoms with E-state index in [2.05, 4.69) is 32.9 Å². The summed E-state index contributed by atoms with van der Waals surface area (Å²) in [5.74, 6) is 0.0146. The molecule has 7 heteroatoms. The van der Waals surface area contributed by atoms with Gasteiger partial charge in [-0.25, -0.2) is 0 Å². The van der Waals surface area contributed by atoms with Crippen LogP contribution in [0.25, 0.3) is 0 Å². The van der Waals surface area contributed by atoms with Crippen LogP contribution < -0.4 is 10.6 Å². The van der Waals surface area contributed by atoms with E-state index in [1.165, 1.54) is 0 Å². The number of thioether (sulfide) groups is 1. The van der Waals surface area contributed by atoms with Crippen molar-refractivity contribution in [1.82, 2.24) is 0 Å². The Hall–Kier alpha value is -2.20. The van der Waals surface area contributed by atoms with Crippen LogP contribution >= 0.6 is 34.7 Å². The highest BCUT2D eigenvalue weighted by Gasteiger charge is 2.45. The first kappa shape index (κ1) is 22.0. The lowest BCUT2D eigenvalue weighted by atomic mass is 9.69.